The van der Waals surface area contributed by atoms with Gasteiger partial charge in [-0.25, -0.2) is 8.42 Å². The van der Waals surface area contributed by atoms with Gasteiger partial charge in [0.2, 0.25) is 0 Å². The molecule has 1 aliphatic rings. The fourth-order valence-corrected chi connectivity index (χ4v) is 3.90. The molecule has 0 unspecified atom stereocenters. The molecule has 0 bridgehead atoms. The molecule has 1 aliphatic carbocycles. The van der Waals surface area contributed by atoms with Crippen LogP contribution >= 0.6 is 10.7 Å². The average Bonchev–Trinajstić information content (AvgIpc) is 2.59. The molecule has 0 saturated heterocycles. The molecule has 1 fully saturated rings. The van der Waals surface area contributed by atoms with Gasteiger partial charge in [-0.2, -0.15) is 0 Å². The third-order valence-corrected chi connectivity index (χ3v) is 4.88. The molecule has 0 aliphatic heterocycles. The summed E-state index contributed by atoms with van der Waals surface area (Å²) in [5.74, 6) is 1.04. The maximum Gasteiger partial charge on any atom is 0.296 e. The molecule has 5 nitrogen and oxygen atoms in total. The molecule has 1 heterocycles. The van der Waals surface area contributed by atoms with E-state index < -0.39 is 14.6 Å². The van der Waals surface area contributed by atoms with Gasteiger partial charge in [-0.05, 0) is 33.6 Å². The van der Waals surface area contributed by atoms with Gasteiger partial charge in [-0.15, -0.1) is 10.2 Å². The standard InChI is InChI=1S/C13H22ClN3O2S/c1-13(2,3)17-11(10-8-6-4-5-7-9-10)15-16-12(17)20(14,18)19/h10H,4-9H2,1-3H3. The number of halogens is 1. The highest BCUT2D eigenvalue weighted by atomic mass is 35.7. The topological polar surface area (TPSA) is 64.8 Å². The summed E-state index contributed by atoms with van der Waals surface area (Å²) < 4.78 is 25.1. The van der Waals surface area contributed by atoms with Crippen LogP contribution in [0.15, 0.2) is 5.16 Å². The fraction of sp³-hybridized carbons (Fsp3) is 0.846. The molecule has 0 atom stereocenters. The zero-order valence-electron chi connectivity index (χ0n) is 12.3. The van der Waals surface area contributed by atoms with Crippen LogP contribution in [-0.2, 0) is 14.6 Å². The third-order valence-electron chi connectivity index (χ3n) is 3.77. The van der Waals surface area contributed by atoms with Crippen molar-refractivity contribution in [2.24, 2.45) is 0 Å². The molecule has 1 aromatic rings. The van der Waals surface area contributed by atoms with Gasteiger partial charge in [0.25, 0.3) is 14.2 Å². The van der Waals surface area contributed by atoms with Crippen LogP contribution in [0.2, 0.25) is 0 Å². The molecule has 0 aromatic carbocycles. The molecule has 2 rings (SSSR count). The van der Waals surface area contributed by atoms with Crippen LogP contribution in [-0.4, -0.2) is 23.2 Å². The van der Waals surface area contributed by atoms with Gasteiger partial charge in [0.05, 0.1) is 0 Å². The largest absolute Gasteiger partial charge is 0.296 e. The SMILES string of the molecule is CC(C)(C)n1c(C2CCCCCC2)nnc1S(=O)(=O)Cl. The van der Waals surface area contributed by atoms with Crippen LogP contribution in [0, 0.1) is 0 Å². The van der Waals surface area contributed by atoms with Crippen molar-refractivity contribution in [2.75, 3.05) is 0 Å². The molecular weight excluding hydrogens is 298 g/mol. The van der Waals surface area contributed by atoms with E-state index in [1.165, 1.54) is 12.8 Å². The van der Waals surface area contributed by atoms with Crippen LogP contribution in [0.3, 0.4) is 0 Å². The first-order chi connectivity index (χ1) is 9.21. The zero-order chi connectivity index (χ0) is 15.0. The first kappa shape index (κ1) is 15.8. The van der Waals surface area contributed by atoms with E-state index >= 15 is 0 Å². The second-order valence-corrected chi connectivity index (χ2v) is 8.93. The van der Waals surface area contributed by atoms with E-state index in [1.54, 1.807) is 4.57 Å². The molecule has 114 valence electrons. The van der Waals surface area contributed by atoms with Crippen molar-refractivity contribution in [1.29, 1.82) is 0 Å². The number of hydrogen-bond donors (Lipinski definition) is 0. The van der Waals surface area contributed by atoms with Crippen molar-refractivity contribution in [2.45, 2.75) is 75.9 Å². The maximum atomic E-state index is 11.7. The summed E-state index contributed by atoms with van der Waals surface area (Å²) in [6.45, 7) is 5.84. The van der Waals surface area contributed by atoms with E-state index in [0.717, 1.165) is 31.5 Å². The maximum absolute atomic E-state index is 11.7. The highest BCUT2D eigenvalue weighted by Gasteiger charge is 2.32. The predicted molar refractivity (Wildman–Crippen MR) is 78.5 cm³/mol. The Balaban J connectivity index is 2.51. The van der Waals surface area contributed by atoms with Gasteiger partial charge in [-0.3, -0.25) is 4.57 Å². The summed E-state index contributed by atoms with van der Waals surface area (Å²) in [4.78, 5) is 0. The van der Waals surface area contributed by atoms with Crippen molar-refractivity contribution in [3.05, 3.63) is 5.82 Å². The van der Waals surface area contributed by atoms with Crippen LogP contribution in [0.4, 0.5) is 0 Å². The molecule has 7 heteroatoms. The molecule has 1 aromatic heterocycles. The Morgan fingerprint density at radius 3 is 2.10 bits per heavy atom. The van der Waals surface area contributed by atoms with Crippen LogP contribution in [0.5, 0.6) is 0 Å². The van der Waals surface area contributed by atoms with Gasteiger partial charge in [0.15, 0.2) is 0 Å². The summed E-state index contributed by atoms with van der Waals surface area (Å²) >= 11 is 0. The van der Waals surface area contributed by atoms with Gasteiger partial charge in [-0.1, -0.05) is 25.7 Å². The normalized spacial score (nSPS) is 19.0. The highest BCUT2D eigenvalue weighted by Crippen LogP contribution is 2.34. The van der Waals surface area contributed by atoms with E-state index in [-0.39, 0.29) is 11.1 Å². The molecule has 20 heavy (non-hydrogen) atoms. The minimum atomic E-state index is -3.88. The molecule has 1 saturated carbocycles. The average molecular weight is 320 g/mol. The molecule has 0 spiro atoms. The smallest absolute Gasteiger partial charge is 0.295 e. The monoisotopic (exact) mass is 319 g/mol. The molecule has 0 N–H and O–H groups in total. The quantitative estimate of drug-likeness (QED) is 0.619. The lowest BCUT2D eigenvalue weighted by Gasteiger charge is -2.26. The number of rotatable bonds is 2. The lowest BCUT2D eigenvalue weighted by Crippen LogP contribution is -2.28. The first-order valence-electron chi connectivity index (χ1n) is 7.11. The Kier molecular flexibility index (Phi) is 4.44. The highest BCUT2D eigenvalue weighted by molar-refractivity contribution is 8.13. The Morgan fingerprint density at radius 1 is 1.10 bits per heavy atom. The van der Waals surface area contributed by atoms with Gasteiger partial charge < -0.3 is 0 Å². The van der Waals surface area contributed by atoms with Crippen LogP contribution < -0.4 is 0 Å². The Labute approximate surface area is 125 Å². The lowest BCUT2D eigenvalue weighted by atomic mass is 9.98. The van der Waals surface area contributed by atoms with Crippen molar-refractivity contribution in [3.63, 3.8) is 0 Å². The van der Waals surface area contributed by atoms with Crippen molar-refractivity contribution in [1.82, 2.24) is 14.8 Å². The molecule has 0 radical (unpaired) electrons. The summed E-state index contributed by atoms with van der Waals surface area (Å²) in [6.07, 6.45) is 6.87. The number of hydrogen-bond acceptors (Lipinski definition) is 4. The lowest BCUT2D eigenvalue weighted by molar-refractivity contribution is 0.337. The van der Waals surface area contributed by atoms with Gasteiger partial charge in [0, 0.05) is 22.1 Å². The Hall–Kier alpha value is -0.620. The zero-order valence-corrected chi connectivity index (χ0v) is 13.8. The van der Waals surface area contributed by atoms with Crippen LogP contribution in [0.1, 0.15) is 71.0 Å². The molecular formula is C13H22ClN3O2S. The van der Waals surface area contributed by atoms with Crippen LogP contribution in [0.25, 0.3) is 0 Å². The minimum Gasteiger partial charge on any atom is -0.295 e. The Bertz CT molecular complexity index is 567. The van der Waals surface area contributed by atoms with E-state index in [0.29, 0.717) is 0 Å². The van der Waals surface area contributed by atoms with Gasteiger partial charge in [0.1, 0.15) is 5.82 Å². The minimum absolute atomic E-state index is 0.133. The van der Waals surface area contributed by atoms with Crippen molar-refractivity contribution in [3.8, 4) is 0 Å². The van der Waals surface area contributed by atoms with Gasteiger partial charge >= 0.3 is 0 Å². The molecule has 0 amide bonds. The van der Waals surface area contributed by atoms with E-state index in [1.807, 2.05) is 20.8 Å². The van der Waals surface area contributed by atoms with E-state index in [4.69, 9.17) is 10.7 Å². The predicted octanol–water partition coefficient (Wildman–Crippen LogP) is 3.40. The second-order valence-electron chi connectivity index (χ2n) is 6.47. The second kappa shape index (κ2) is 5.64. The Morgan fingerprint density at radius 2 is 1.65 bits per heavy atom. The third kappa shape index (κ3) is 3.34. The first-order valence-corrected chi connectivity index (χ1v) is 9.42. The number of nitrogens with zero attached hydrogens (tertiary/aromatic N) is 3. The van der Waals surface area contributed by atoms with E-state index in [2.05, 4.69) is 10.2 Å². The fourth-order valence-electron chi connectivity index (χ4n) is 2.87. The van der Waals surface area contributed by atoms with Crippen molar-refractivity contribution >= 4 is 19.7 Å². The van der Waals surface area contributed by atoms with E-state index in [9.17, 15) is 8.42 Å². The summed E-state index contributed by atoms with van der Waals surface area (Å²) in [5, 5.41) is 7.88. The van der Waals surface area contributed by atoms with Crippen molar-refractivity contribution < 1.29 is 8.42 Å². The summed E-state index contributed by atoms with van der Waals surface area (Å²) in [7, 11) is 1.62. The summed E-state index contributed by atoms with van der Waals surface area (Å²) in [6, 6.07) is 0. The summed E-state index contributed by atoms with van der Waals surface area (Å²) in [5.41, 5.74) is -0.414. The number of aromatic nitrogens is 3.